The highest BCUT2D eigenvalue weighted by molar-refractivity contribution is 6.30. The van der Waals surface area contributed by atoms with Gasteiger partial charge in [0, 0.05) is 30.5 Å². The highest BCUT2D eigenvalue weighted by Crippen LogP contribution is 2.18. The van der Waals surface area contributed by atoms with Crippen molar-refractivity contribution in [3.63, 3.8) is 0 Å². The molecule has 0 saturated carbocycles. The third-order valence-corrected chi connectivity index (χ3v) is 5.21. The van der Waals surface area contributed by atoms with Crippen LogP contribution < -0.4 is 5.32 Å². The first kappa shape index (κ1) is 23.0. The molecule has 2 aromatic rings. The number of carbonyl (C=O) groups is 2. The summed E-state index contributed by atoms with van der Waals surface area (Å²) >= 11 is 6.15. The van der Waals surface area contributed by atoms with Gasteiger partial charge in [0.15, 0.2) is 0 Å². The van der Waals surface area contributed by atoms with E-state index in [0.29, 0.717) is 24.4 Å². The van der Waals surface area contributed by atoms with Crippen molar-refractivity contribution in [2.24, 2.45) is 0 Å². The lowest BCUT2D eigenvalue weighted by molar-refractivity contribution is -0.141. The summed E-state index contributed by atoms with van der Waals surface area (Å²) in [5.74, 6) is -0.137. The molecule has 0 heterocycles. The SMILES string of the molecule is CCCC(=O)N(Cc1cccc(Cl)c1)[C@H](Cc1ccccc1)C(=O)N[C@@H](C)CC. The van der Waals surface area contributed by atoms with Gasteiger partial charge in [0.25, 0.3) is 0 Å². The Morgan fingerprint density at radius 1 is 1.03 bits per heavy atom. The second-order valence-electron chi connectivity index (χ2n) is 7.42. The van der Waals surface area contributed by atoms with E-state index in [-0.39, 0.29) is 17.9 Å². The van der Waals surface area contributed by atoms with Gasteiger partial charge < -0.3 is 10.2 Å². The van der Waals surface area contributed by atoms with Crippen LogP contribution in [0.4, 0.5) is 0 Å². The summed E-state index contributed by atoms with van der Waals surface area (Å²) in [4.78, 5) is 27.9. The van der Waals surface area contributed by atoms with Crippen molar-refractivity contribution in [3.8, 4) is 0 Å². The van der Waals surface area contributed by atoms with Crippen LogP contribution in [-0.2, 0) is 22.6 Å². The van der Waals surface area contributed by atoms with Crippen molar-refractivity contribution in [1.29, 1.82) is 0 Å². The third kappa shape index (κ3) is 7.21. The van der Waals surface area contributed by atoms with Crippen LogP contribution in [0.3, 0.4) is 0 Å². The molecule has 4 nitrogen and oxygen atoms in total. The summed E-state index contributed by atoms with van der Waals surface area (Å²) in [6, 6.07) is 16.8. The molecule has 0 bridgehead atoms. The van der Waals surface area contributed by atoms with Crippen molar-refractivity contribution in [2.75, 3.05) is 0 Å². The summed E-state index contributed by atoms with van der Waals surface area (Å²) in [7, 11) is 0. The van der Waals surface area contributed by atoms with Gasteiger partial charge in [0.2, 0.25) is 11.8 Å². The Balaban J connectivity index is 2.37. The molecule has 29 heavy (non-hydrogen) atoms. The fourth-order valence-electron chi connectivity index (χ4n) is 3.18. The predicted molar refractivity (Wildman–Crippen MR) is 119 cm³/mol. The Labute approximate surface area is 179 Å². The zero-order valence-corrected chi connectivity index (χ0v) is 18.3. The zero-order valence-electron chi connectivity index (χ0n) is 17.5. The van der Waals surface area contributed by atoms with Crippen molar-refractivity contribution in [2.45, 2.75) is 65.1 Å². The number of nitrogens with zero attached hydrogens (tertiary/aromatic N) is 1. The van der Waals surface area contributed by atoms with E-state index >= 15 is 0 Å². The smallest absolute Gasteiger partial charge is 0.243 e. The van der Waals surface area contributed by atoms with Gasteiger partial charge in [0.05, 0.1) is 0 Å². The van der Waals surface area contributed by atoms with Crippen molar-refractivity contribution in [1.82, 2.24) is 10.2 Å². The van der Waals surface area contributed by atoms with Gasteiger partial charge in [-0.3, -0.25) is 9.59 Å². The van der Waals surface area contributed by atoms with Crippen LogP contribution in [0.1, 0.15) is 51.2 Å². The molecule has 0 unspecified atom stereocenters. The fraction of sp³-hybridized carbons (Fsp3) is 0.417. The Kier molecular flexibility index (Phi) is 9.20. The van der Waals surface area contributed by atoms with Crippen LogP contribution in [-0.4, -0.2) is 28.8 Å². The van der Waals surface area contributed by atoms with E-state index in [1.165, 1.54) is 0 Å². The molecule has 2 rings (SSSR count). The topological polar surface area (TPSA) is 49.4 Å². The molecule has 156 valence electrons. The lowest BCUT2D eigenvalue weighted by atomic mass is 10.0. The maximum absolute atomic E-state index is 13.2. The standard InChI is InChI=1S/C24H31ClN2O2/c1-4-10-23(28)27(17-20-13-9-14-21(25)15-20)22(24(29)26-18(3)5-2)16-19-11-7-6-8-12-19/h6-9,11-15,18,22H,4-5,10,16-17H2,1-3H3,(H,26,29)/t18-,22+/m0/s1. The van der Waals surface area contributed by atoms with E-state index in [1.54, 1.807) is 11.0 Å². The number of rotatable bonds is 10. The van der Waals surface area contributed by atoms with Gasteiger partial charge >= 0.3 is 0 Å². The van der Waals surface area contributed by atoms with Gasteiger partial charge in [0.1, 0.15) is 6.04 Å². The number of amides is 2. The minimum atomic E-state index is -0.579. The van der Waals surface area contributed by atoms with Gasteiger partial charge in [-0.25, -0.2) is 0 Å². The van der Waals surface area contributed by atoms with Crippen LogP contribution in [0.5, 0.6) is 0 Å². The molecule has 2 atom stereocenters. The molecule has 0 saturated heterocycles. The van der Waals surface area contributed by atoms with Crippen LogP contribution in [0.15, 0.2) is 54.6 Å². The van der Waals surface area contributed by atoms with E-state index in [4.69, 9.17) is 11.6 Å². The Morgan fingerprint density at radius 2 is 1.72 bits per heavy atom. The monoisotopic (exact) mass is 414 g/mol. The number of benzene rings is 2. The van der Waals surface area contributed by atoms with Gasteiger partial charge in [-0.15, -0.1) is 0 Å². The normalized spacial score (nSPS) is 12.8. The molecule has 0 aromatic heterocycles. The number of hydrogen-bond donors (Lipinski definition) is 1. The van der Waals surface area contributed by atoms with E-state index in [2.05, 4.69) is 5.32 Å². The van der Waals surface area contributed by atoms with E-state index in [1.807, 2.05) is 69.3 Å². The second-order valence-corrected chi connectivity index (χ2v) is 7.86. The Hall–Kier alpha value is -2.33. The first-order chi connectivity index (χ1) is 13.9. The molecule has 0 aliphatic rings. The summed E-state index contributed by atoms with van der Waals surface area (Å²) in [6.45, 7) is 6.33. The minimum Gasteiger partial charge on any atom is -0.352 e. The van der Waals surface area contributed by atoms with Gasteiger partial charge in [-0.05, 0) is 43.0 Å². The Morgan fingerprint density at radius 3 is 2.34 bits per heavy atom. The minimum absolute atomic E-state index is 0.0206. The summed E-state index contributed by atoms with van der Waals surface area (Å²) in [6.07, 6.45) is 2.44. The van der Waals surface area contributed by atoms with Crippen molar-refractivity contribution in [3.05, 3.63) is 70.7 Å². The molecule has 2 aromatic carbocycles. The third-order valence-electron chi connectivity index (χ3n) is 4.98. The molecular weight excluding hydrogens is 384 g/mol. The number of halogens is 1. The molecule has 2 amide bonds. The largest absolute Gasteiger partial charge is 0.352 e. The van der Waals surface area contributed by atoms with Gasteiger partial charge in [-0.1, -0.05) is 67.9 Å². The lowest BCUT2D eigenvalue weighted by Gasteiger charge is -2.32. The second kappa shape index (κ2) is 11.6. The van der Waals surface area contributed by atoms with Crippen molar-refractivity contribution >= 4 is 23.4 Å². The molecule has 0 radical (unpaired) electrons. The van der Waals surface area contributed by atoms with E-state index in [9.17, 15) is 9.59 Å². The zero-order chi connectivity index (χ0) is 21.2. The average Bonchev–Trinajstić information content (AvgIpc) is 2.71. The molecule has 0 spiro atoms. The van der Waals surface area contributed by atoms with Crippen LogP contribution >= 0.6 is 11.6 Å². The summed E-state index contributed by atoms with van der Waals surface area (Å²) < 4.78 is 0. The number of hydrogen-bond acceptors (Lipinski definition) is 2. The number of carbonyl (C=O) groups excluding carboxylic acids is 2. The molecule has 1 N–H and O–H groups in total. The van der Waals surface area contributed by atoms with Gasteiger partial charge in [-0.2, -0.15) is 0 Å². The first-order valence-electron chi connectivity index (χ1n) is 10.3. The highest BCUT2D eigenvalue weighted by Gasteiger charge is 2.30. The van der Waals surface area contributed by atoms with Crippen molar-refractivity contribution < 1.29 is 9.59 Å². The molecule has 5 heteroatoms. The van der Waals surface area contributed by atoms with Crippen LogP contribution in [0, 0.1) is 0 Å². The maximum atomic E-state index is 13.2. The maximum Gasteiger partial charge on any atom is 0.243 e. The fourth-order valence-corrected chi connectivity index (χ4v) is 3.40. The highest BCUT2D eigenvalue weighted by atomic mass is 35.5. The predicted octanol–water partition coefficient (Wildman–Crippen LogP) is 4.99. The summed E-state index contributed by atoms with van der Waals surface area (Å²) in [5.41, 5.74) is 1.94. The van der Waals surface area contributed by atoms with E-state index < -0.39 is 6.04 Å². The molecule has 0 aliphatic heterocycles. The molecular formula is C24H31ClN2O2. The lowest BCUT2D eigenvalue weighted by Crippen LogP contribution is -2.52. The average molecular weight is 415 g/mol. The summed E-state index contributed by atoms with van der Waals surface area (Å²) in [5, 5.41) is 3.69. The number of nitrogens with one attached hydrogen (secondary N) is 1. The Bertz CT molecular complexity index is 794. The molecule has 0 fully saturated rings. The van der Waals surface area contributed by atoms with Crippen LogP contribution in [0.25, 0.3) is 0 Å². The van der Waals surface area contributed by atoms with E-state index in [0.717, 1.165) is 24.0 Å². The van der Waals surface area contributed by atoms with Crippen LogP contribution in [0.2, 0.25) is 5.02 Å². The first-order valence-corrected chi connectivity index (χ1v) is 10.7. The quantitative estimate of drug-likeness (QED) is 0.595. The molecule has 0 aliphatic carbocycles.